The monoisotopic (exact) mass is 319 g/mol. The number of hydrogen-bond donors (Lipinski definition) is 3. The molecule has 0 fully saturated rings. The van der Waals surface area contributed by atoms with E-state index in [-0.39, 0.29) is 17.4 Å². The van der Waals surface area contributed by atoms with Crippen LogP contribution in [0.3, 0.4) is 0 Å². The van der Waals surface area contributed by atoms with Crippen molar-refractivity contribution >= 4 is 17.2 Å². The molecule has 0 aliphatic carbocycles. The van der Waals surface area contributed by atoms with Crippen molar-refractivity contribution in [2.24, 2.45) is 0 Å². The van der Waals surface area contributed by atoms with Gasteiger partial charge in [0.05, 0.1) is 24.3 Å². The Bertz CT molecular complexity index is 670. The molecule has 22 heavy (non-hydrogen) atoms. The van der Waals surface area contributed by atoms with Gasteiger partial charge in [-0.05, 0) is 0 Å². The molecular formula is C15H21N5OS. The molecule has 1 atom stereocenters. The maximum Gasteiger partial charge on any atom is 0.243 e. The van der Waals surface area contributed by atoms with Gasteiger partial charge in [-0.3, -0.25) is 4.79 Å². The van der Waals surface area contributed by atoms with E-state index in [2.05, 4.69) is 51.7 Å². The molecular weight excluding hydrogens is 298 g/mol. The van der Waals surface area contributed by atoms with Crippen LogP contribution in [0.5, 0.6) is 0 Å². The lowest BCUT2D eigenvalue weighted by molar-refractivity contribution is -0.123. The van der Waals surface area contributed by atoms with Crippen molar-refractivity contribution in [2.75, 3.05) is 6.54 Å². The average Bonchev–Trinajstić information content (AvgIpc) is 3.12. The molecule has 3 N–H and O–H groups in total. The molecule has 0 spiro atoms. The van der Waals surface area contributed by atoms with E-state index in [4.69, 9.17) is 0 Å². The average molecular weight is 319 g/mol. The van der Waals surface area contributed by atoms with E-state index in [9.17, 15) is 4.79 Å². The van der Waals surface area contributed by atoms with Crippen molar-refractivity contribution in [3.05, 3.63) is 33.8 Å². The summed E-state index contributed by atoms with van der Waals surface area (Å²) in [4.78, 5) is 24.3. The van der Waals surface area contributed by atoms with E-state index in [1.165, 1.54) is 0 Å². The van der Waals surface area contributed by atoms with Crippen LogP contribution in [0, 0.1) is 0 Å². The van der Waals surface area contributed by atoms with Crippen molar-refractivity contribution in [3.63, 3.8) is 0 Å². The Morgan fingerprint density at radius 3 is 3.05 bits per heavy atom. The molecule has 1 amide bonds. The van der Waals surface area contributed by atoms with Gasteiger partial charge in [0.25, 0.3) is 0 Å². The number of aromatic amines is 1. The Morgan fingerprint density at radius 2 is 2.32 bits per heavy atom. The number of thiazole rings is 1. The molecule has 3 rings (SSSR count). The fraction of sp³-hybridized carbons (Fsp3) is 0.533. The van der Waals surface area contributed by atoms with Crippen molar-refractivity contribution in [1.29, 1.82) is 0 Å². The zero-order valence-electron chi connectivity index (χ0n) is 13.1. The van der Waals surface area contributed by atoms with E-state index >= 15 is 0 Å². The predicted molar refractivity (Wildman–Crippen MR) is 85.7 cm³/mol. The molecule has 0 aromatic carbocycles. The van der Waals surface area contributed by atoms with Crippen molar-refractivity contribution in [2.45, 2.75) is 45.2 Å². The third-order valence-electron chi connectivity index (χ3n) is 3.74. The Kier molecular flexibility index (Phi) is 4.01. The molecule has 6 nitrogen and oxygen atoms in total. The van der Waals surface area contributed by atoms with Gasteiger partial charge in [-0.25, -0.2) is 9.97 Å². The van der Waals surface area contributed by atoms with Gasteiger partial charge < -0.3 is 15.6 Å². The molecule has 0 radical (unpaired) electrons. The molecule has 0 unspecified atom stereocenters. The molecule has 2 aromatic rings. The van der Waals surface area contributed by atoms with Gasteiger partial charge in [-0.1, -0.05) is 20.8 Å². The van der Waals surface area contributed by atoms with Crippen molar-refractivity contribution < 1.29 is 4.79 Å². The van der Waals surface area contributed by atoms with Gasteiger partial charge in [-0.2, -0.15) is 0 Å². The van der Waals surface area contributed by atoms with Crippen LogP contribution in [-0.2, 0) is 23.2 Å². The minimum Gasteiger partial charge on any atom is -0.348 e. The summed E-state index contributed by atoms with van der Waals surface area (Å²) >= 11 is 1.58. The van der Waals surface area contributed by atoms with E-state index in [1.807, 2.05) is 0 Å². The predicted octanol–water partition coefficient (Wildman–Crippen LogP) is 1.67. The number of H-pyrrole nitrogens is 1. The first kappa shape index (κ1) is 15.2. The summed E-state index contributed by atoms with van der Waals surface area (Å²) in [5, 5.41) is 9.16. The van der Waals surface area contributed by atoms with Crippen molar-refractivity contribution in [1.82, 2.24) is 25.6 Å². The third-order valence-corrected chi connectivity index (χ3v) is 4.59. The molecule has 0 saturated carbocycles. The summed E-state index contributed by atoms with van der Waals surface area (Å²) in [6.45, 7) is 7.64. The fourth-order valence-electron chi connectivity index (χ4n) is 2.44. The highest BCUT2D eigenvalue weighted by atomic mass is 32.1. The quantitative estimate of drug-likeness (QED) is 0.803. The van der Waals surface area contributed by atoms with Crippen LogP contribution in [0.25, 0.3) is 0 Å². The SMILES string of the molecule is CC(C)(C)c1csc(CNC(=O)[C@@H]2NCCc3[nH]cnc32)n1. The van der Waals surface area contributed by atoms with E-state index in [0.29, 0.717) is 6.54 Å². The lowest BCUT2D eigenvalue weighted by Crippen LogP contribution is -2.41. The minimum atomic E-state index is -0.378. The first-order valence-corrected chi connectivity index (χ1v) is 8.31. The Balaban J connectivity index is 1.63. The maximum atomic E-state index is 12.4. The molecule has 118 valence electrons. The number of amides is 1. The van der Waals surface area contributed by atoms with Crippen LogP contribution >= 0.6 is 11.3 Å². The fourth-order valence-corrected chi connectivity index (χ4v) is 3.40. The lowest BCUT2D eigenvalue weighted by atomic mass is 9.93. The van der Waals surface area contributed by atoms with Gasteiger partial charge in [0.1, 0.15) is 11.0 Å². The summed E-state index contributed by atoms with van der Waals surface area (Å²) < 4.78 is 0. The van der Waals surface area contributed by atoms with Gasteiger partial charge in [0.15, 0.2) is 0 Å². The molecule has 0 bridgehead atoms. The van der Waals surface area contributed by atoms with Crippen molar-refractivity contribution in [3.8, 4) is 0 Å². The van der Waals surface area contributed by atoms with Crippen LogP contribution in [-0.4, -0.2) is 27.4 Å². The van der Waals surface area contributed by atoms with Gasteiger partial charge in [0.2, 0.25) is 5.91 Å². The van der Waals surface area contributed by atoms with Gasteiger partial charge >= 0.3 is 0 Å². The minimum absolute atomic E-state index is 0.0353. The molecule has 2 aromatic heterocycles. The molecule has 1 aliphatic rings. The summed E-state index contributed by atoms with van der Waals surface area (Å²) in [6.07, 6.45) is 2.52. The summed E-state index contributed by atoms with van der Waals surface area (Å²) in [7, 11) is 0. The number of nitrogens with zero attached hydrogens (tertiary/aromatic N) is 2. The number of imidazole rings is 1. The summed E-state index contributed by atoms with van der Waals surface area (Å²) in [5.41, 5.74) is 2.95. The highest BCUT2D eigenvalue weighted by Crippen LogP contribution is 2.24. The smallest absolute Gasteiger partial charge is 0.243 e. The van der Waals surface area contributed by atoms with Gasteiger partial charge in [-0.15, -0.1) is 11.3 Å². The second kappa shape index (κ2) is 5.81. The zero-order valence-corrected chi connectivity index (χ0v) is 13.9. The molecule has 0 saturated heterocycles. The number of carbonyl (C=O) groups excluding carboxylic acids is 1. The third kappa shape index (κ3) is 3.05. The normalized spacial score (nSPS) is 18.0. The van der Waals surface area contributed by atoms with Crippen LogP contribution in [0.15, 0.2) is 11.7 Å². The summed E-state index contributed by atoms with van der Waals surface area (Å²) in [5.74, 6) is -0.0550. The van der Waals surface area contributed by atoms with E-state index in [1.54, 1.807) is 17.7 Å². The number of carbonyl (C=O) groups is 1. The topological polar surface area (TPSA) is 82.7 Å². The van der Waals surface area contributed by atoms with Crippen LogP contribution in [0.4, 0.5) is 0 Å². The van der Waals surface area contributed by atoms with Crippen LogP contribution in [0.2, 0.25) is 0 Å². The van der Waals surface area contributed by atoms with Crippen LogP contribution in [0.1, 0.15) is 48.9 Å². The summed E-state index contributed by atoms with van der Waals surface area (Å²) in [6, 6.07) is -0.378. The lowest BCUT2D eigenvalue weighted by Gasteiger charge is -2.21. The number of aromatic nitrogens is 3. The Labute approximate surface area is 133 Å². The Morgan fingerprint density at radius 1 is 1.50 bits per heavy atom. The first-order chi connectivity index (χ1) is 10.4. The number of rotatable bonds is 3. The second-order valence-corrected chi connectivity index (χ2v) is 7.44. The molecule has 7 heteroatoms. The standard InChI is InChI=1S/C15H21N5OS/c1-15(2,3)10-7-22-11(20-10)6-17-14(21)13-12-9(4-5-16-13)18-8-19-12/h7-8,13,16H,4-6H2,1-3H3,(H,17,21)(H,18,19)/t13-/m1/s1. The number of hydrogen-bond acceptors (Lipinski definition) is 5. The van der Waals surface area contributed by atoms with E-state index < -0.39 is 0 Å². The molecule has 1 aliphatic heterocycles. The van der Waals surface area contributed by atoms with Gasteiger partial charge in [0, 0.05) is 29.5 Å². The number of nitrogens with one attached hydrogen (secondary N) is 3. The Hall–Kier alpha value is -1.73. The zero-order chi connectivity index (χ0) is 15.7. The molecule has 3 heterocycles. The highest BCUT2D eigenvalue weighted by molar-refractivity contribution is 7.09. The highest BCUT2D eigenvalue weighted by Gasteiger charge is 2.28. The largest absolute Gasteiger partial charge is 0.348 e. The first-order valence-electron chi connectivity index (χ1n) is 7.43. The van der Waals surface area contributed by atoms with E-state index in [0.717, 1.165) is 35.1 Å². The van der Waals surface area contributed by atoms with Crippen LogP contribution < -0.4 is 10.6 Å². The second-order valence-electron chi connectivity index (χ2n) is 6.50. The number of fused-ring (bicyclic) bond motifs is 1. The maximum absolute atomic E-state index is 12.4.